The molecule has 2 radical (unpaired) electrons. The topological polar surface area (TPSA) is 179 Å². The molecule has 0 bridgehead atoms. The van der Waals surface area contributed by atoms with Gasteiger partial charge < -0.3 is 0 Å². The Balaban J connectivity index is 0.00000280. The van der Waals surface area contributed by atoms with Crippen LogP contribution in [0.1, 0.15) is 25.1 Å². The van der Waals surface area contributed by atoms with Gasteiger partial charge in [-0.25, -0.2) is 4.68 Å². The zero-order valence-electron chi connectivity index (χ0n) is 22.3. The molecule has 0 atom stereocenters. The molecule has 12 nitrogen and oxygen atoms in total. The second kappa shape index (κ2) is 13.6. The molecule has 2 heterocycles. The third kappa shape index (κ3) is 7.56. The van der Waals surface area contributed by atoms with Gasteiger partial charge >= 0.3 is 0 Å². The summed E-state index contributed by atoms with van der Waals surface area (Å²) < 4.78 is 64.6. The van der Waals surface area contributed by atoms with E-state index in [9.17, 15) is 26.4 Å². The van der Waals surface area contributed by atoms with Crippen molar-refractivity contribution in [3.05, 3.63) is 87.9 Å². The SMILES string of the molecule is CC1=NN(c2ccc(S(=O)(=O)O)cc2)C(=O)/C1=C\C=C(/C)c1c(C)[nH]n(-c2ccc(S(=O)(=O)O)cc2)c1=O.[K].[K]. The van der Waals surface area contributed by atoms with Gasteiger partial charge in [0.25, 0.3) is 31.7 Å². The molecule has 0 unspecified atom stereocenters. The van der Waals surface area contributed by atoms with Crippen molar-refractivity contribution >= 4 is 146 Å². The van der Waals surface area contributed by atoms with Gasteiger partial charge in [-0.2, -0.15) is 26.9 Å². The zero-order valence-corrected chi connectivity index (χ0v) is 30.2. The molecule has 0 saturated heterocycles. The number of allylic oxidation sites excluding steroid dienone is 3. The van der Waals surface area contributed by atoms with Crippen LogP contribution in [0.15, 0.2) is 85.9 Å². The van der Waals surface area contributed by atoms with E-state index in [2.05, 4.69) is 10.2 Å². The first-order valence-electron chi connectivity index (χ1n) is 10.9. The molecule has 1 aliphatic heterocycles. The van der Waals surface area contributed by atoms with Crippen LogP contribution >= 0.6 is 0 Å². The Kier molecular flexibility index (Phi) is 12.1. The minimum absolute atomic E-state index is 0. The predicted molar refractivity (Wildman–Crippen MR) is 151 cm³/mol. The molecule has 0 saturated carbocycles. The Morgan fingerprint density at radius 1 is 0.850 bits per heavy atom. The van der Waals surface area contributed by atoms with Crippen LogP contribution in [0.5, 0.6) is 0 Å². The number of aromatic nitrogens is 2. The molecule has 200 valence electrons. The maximum atomic E-state index is 13.1. The molecule has 3 aromatic rings. The number of anilines is 1. The minimum Gasteiger partial charge on any atom is -0.295 e. The molecule has 1 aliphatic rings. The van der Waals surface area contributed by atoms with Gasteiger partial charge in [-0.05, 0) is 81.0 Å². The molecule has 0 spiro atoms. The molecule has 40 heavy (non-hydrogen) atoms. The molecule has 1 aromatic heterocycles. The van der Waals surface area contributed by atoms with Crippen LogP contribution in [0, 0.1) is 6.92 Å². The first-order chi connectivity index (χ1) is 17.7. The van der Waals surface area contributed by atoms with Crippen molar-refractivity contribution < 1.29 is 30.7 Å². The number of H-pyrrole nitrogens is 1. The summed E-state index contributed by atoms with van der Waals surface area (Å²) in [6.07, 6.45) is 3.13. The number of aryl methyl sites for hydroxylation is 1. The number of rotatable bonds is 6. The van der Waals surface area contributed by atoms with E-state index in [1.165, 1.54) is 47.2 Å². The van der Waals surface area contributed by atoms with Crippen LogP contribution in [0.25, 0.3) is 11.3 Å². The number of hydrazone groups is 1. The van der Waals surface area contributed by atoms with Gasteiger partial charge in [-0.1, -0.05) is 6.08 Å². The van der Waals surface area contributed by atoms with E-state index in [-0.39, 0.29) is 118 Å². The number of hydrogen-bond donors (Lipinski definition) is 3. The molecule has 3 N–H and O–H groups in total. The number of nitrogens with zero attached hydrogens (tertiary/aromatic N) is 3. The van der Waals surface area contributed by atoms with Crippen molar-refractivity contribution in [2.75, 3.05) is 5.01 Å². The number of carbonyl (C=O) groups excluding carboxylic acids is 1. The monoisotopic (exact) mass is 636 g/mol. The van der Waals surface area contributed by atoms with E-state index in [4.69, 9.17) is 9.11 Å². The normalized spacial score (nSPS) is 15.1. The summed E-state index contributed by atoms with van der Waals surface area (Å²) in [6.45, 7) is 5.01. The van der Waals surface area contributed by atoms with Crippen molar-refractivity contribution in [2.24, 2.45) is 5.10 Å². The quantitative estimate of drug-likeness (QED) is 0.209. The standard InChI is InChI=1S/C24H22N4O8S2.2K/c1-14(22-16(3)26-28(24(22)30)18-7-11-20(12-8-18)38(34,35)36)4-13-21-15(2)25-27(23(21)29)17-5-9-19(10-6-17)37(31,32)33;;/h4-13,26H,1-3H3,(H,31,32,33)(H,34,35,36);;/b14-4+,21-13-;;. The second-order valence-corrected chi connectivity index (χ2v) is 11.3. The third-order valence-corrected chi connectivity index (χ3v) is 7.54. The Morgan fingerprint density at radius 2 is 1.32 bits per heavy atom. The number of carbonyl (C=O) groups is 1. The maximum absolute atomic E-state index is 13.1. The van der Waals surface area contributed by atoms with Crippen molar-refractivity contribution in [3.63, 3.8) is 0 Å². The second-order valence-electron chi connectivity index (χ2n) is 8.42. The van der Waals surface area contributed by atoms with Gasteiger partial charge in [0.05, 0.1) is 38.0 Å². The van der Waals surface area contributed by atoms with E-state index in [0.29, 0.717) is 33.9 Å². The average Bonchev–Trinajstić information content (AvgIpc) is 3.30. The van der Waals surface area contributed by atoms with Crippen LogP contribution < -0.4 is 10.6 Å². The van der Waals surface area contributed by atoms with E-state index in [0.717, 1.165) is 17.1 Å². The van der Waals surface area contributed by atoms with Gasteiger partial charge in [0.15, 0.2) is 0 Å². The fourth-order valence-corrected chi connectivity index (χ4v) is 4.86. The average molecular weight is 637 g/mol. The molecule has 2 aromatic carbocycles. The number of hydrogen-bond acceptors (Lipinski definition) is 7. The van der Waals surface area contributed by atoms with Crippen LogP contribution in [0.3, 0.4) is 0 Å². The summed E-state index contributed by atoms with van der Waals surface area (Å²) in [7, 11) is -8.75. The largest absolute Gasteiger partial charge is 0.295 e. The van der Waals surface area contributed by atoms with E-state index in [1.54, 1.807) is 26.8 Å². The van der Waals surface area contributed by atoms with Crippen LogP contribution in [-0.2, 0) is 25.0 Å². The summed E-state index contributed by atoms with van der Waals surface area (Å²) in [5.74, 6) is -0.465. The summed E-state index contributed by atoms with van der Waals surface area (Å²) >= 11 is 0. The summed E-state index contributed by atoms with van der Waals surface area (Å²) in [4.78, 5) is 25.5. The smallest absolute Gasteiger partial charge is 0.294 e. The molecular weight excluding hydrogens is 615 g/mol. The maximum Gasteiger partial charge on any atom is 0.294 e. The Hall–Kier alpha value is -0.837. The van der Waals surface area contributed by atoms with E-state index >= 15 is 0 Å². The van der Waals surface area contributed by atoms with Crippen molar-refractivity contribution in [1.82, 2.24) is 9.78 Å². The van der Waals surface area contributed by atoms with Gasteiger partial charge in [0.2, 0.25) is 0 Å². The minimum atomic E-state index is -4.38. The Morgan fingerprint density at radius 3 is 1.80 bits per heavy atom. The van der Waals surface area contributed by atoms with Crippen LogP contribution in [-0.4, -0.2) is 150 Å². The summed E-state index contributed by atoms with van der Waals surface area (Å²) in [6, 6.07) is 10.1. The van der Waals surface area contributed by atoms with E-state index < -0.39 is 31.7 Å². The Labute approximate surface area is 315 Å². The fraction of sp³-hybridized carbons (Fsp3) is 0.125. The number of nitrogens with one attached hydrogen (secondary N) is 1. The zero-order chi connectivity index (χ0) is 28.0. The van der Waals surface area contributed by atoms with E-state index in [1.807, 2.05) is 0 Å². The van der Waals surface area contributed by atoms with Crippen LogP contribution in [0.4, 0.5) is 5.69 Å². The predicted octanol–water partition coefficient (Wildman–Crippen LogP) is 1.96. The first kappa shape index (κ1) is 35.4. The third-order valence-electron chi connectivity index (χ3n) is 5.80. The fourth-order valence-electron chi connectivity index (χ4n) is 3.90. The number of benzene rings is 2. The molecule has 16 heteroatoms. The molecule has 0 aliphatic carbocycles. The Bertz CT molecular complexity index is 1820. The van der Waals surface area contributed by atoms with Gasteiger partial charge in [0.1, 0.15) is 0 Å². The van der Waals surface area contributed by atoms with Gasteiger partial charge in [-0.15, -0.1) is 0 Å². The van der Waals surface area contributed by atoms with Gasteiger partial charge in [-0.3, -0.25) is 23.8 Å². The molecule has 1 amide bonds. The molecule has 4 rings (SSSR count). The number of aromatic amines is 1. The number of amides is 1. The molecule has 0 fully saturated rings. The molecular formula is C24H22K2N4O8S2. The van der Waals surface area contributed by atoms with Crippen LogP contribution in [0.2, 0.25) is 0 Å². The van der Waals surface area contributed by atoms with Crippen molar-refractivity contribution in [1.29, 1.82) is 0 Å². The van der Waals surface area contributed by atoms with Crippen molar-refractivity contribution in [3.8, 4) is 5.69 Å². The first-order valence-corrected chi connectivity index (χ1v) is 13.8. The van der Waals surface area contributed by atoms with Crippen molar-refractivity contribution in [2.45, 2.75) is 30.6 Å². The summed E-state index contributed by atoms with van der Waals surface area (Å²) in [5.41, 5.74) is 2.34. The summed E-state index contributed by atoms with van der Waals surface area (Å²) in [5, 5.41) is 8.25. The van der Waals surface area contributed by atoms with Gasteiger partial charge in [0, 0.05) is 108 Å².